The molecule has 2 amide bonds. The fraction of sp³-hybridized carbons (Fsp3) is 0.300. The van der Waals surface area contributed by atoms with Gasteiger partial charge < -0.3 is 25.2 Å². The molecule has 3 rings (SSSR count). The van der Waals surface area contributed by atoms with Crippen LogP contribution in [0.3, 0.4) is 0 Å². The zero-order valence-electron chi connectivity index (χ0n) is 15.8. The molecule has 2 aromatic rings. The van der Waals surface area contributed by atoms with Crippen LogP contribution < -0.4 is 15.4 Å². The van der Waals surface area contributed by atoms with Gasteiger partial charge in [-0.25, -0.2) is 4.79 Å². The molecule has 0 unspecified atom stereocenters. The van der Waals surface area contributed by atoms with E-state index >= 15 is 0 Å². The molecule has 1 heterocycles. The lowest BCUT2D eigenvalue weighted by Gasteiger charge is -2.44. The van der Waals surface area contributed by atoms with E-state index in [1.165, 1.54) is 30.4 Å². The number of ether oxygens (including phenoxy) is 2. The van der Waals surface area contributed by atoms with Gasteiger partial charge in [0.1, 0.15) is 17.4 Å². The molecule has 10 heteroatoms. The Labute approximate surface area is 169 Å². The molecule has 1 aliphatic rings. The second kappa shape index (κ2) is 8.23. The van der Waals surface area contributed by atoms with Crippen LogP contribution in [0, 0.1) is 5.92 Å². The number of hydrogen-bond donors (Lipinski definition) is 3. The van der Waals surface area contributed by atoms with E-state index in [0.717, 1.165) is 0 Å². The summed E-state index contributed by atoms with van der Waals surface area (Å²) in [7, 11) is 0. The molecule has 3 atom stereocenters. The predicted octanol–water partition coefficient (Wildman–Crippen LogP) is 3.26. The molecule has 1 aliphatic heterocycles. The van der Waals surface area contributed by atoms with Gasteiger partial charge in [-0.15, -0.1) is 0 Å². The van der Waals surface area contributed by atoms with E-state index in [9.17, 15) is 27.9 Å². The number of aliphatic hydroxyl groups is 1. The standard InChI is InChI=1S/C20H19F3N2O5/c1-2-29-17(26)15-16(24-18(27)25-19(15,28)20(21,22)23)12-7-6-10-14(11-12)30-13-8-4-3-5-9-13/h3-11,15-16,28H,2H2,1H3,(H2,24,25,27)/t15-,16+,19-/m1/s1. The molecule has 0 aliphatic carbocycles. The Kier molecular flexibility index (Phi) is 5.88. The highest BCUT2D eigenvalue weighted by Crippen LogP contribution is 2.43. The second-order valence-corrected chi connectivity index (χ2v) is 6.56. The number of para-hydroxylation sites is 1. The smallest absolute Gasteiger partial charge is 0.437 e. The molecule has 0 saturated carbocycles. The molecule has 0 bridgehead atoms. The van der Waals surface area contributed by atoms with Gasteiger partial charge in [-0.1, -0.05) is 30.3 Å². The Morgan fingerprint density at radius 3 is 2.43 bits per heavy atom. The number of esters is 1. The van der Waals surface area contributed by atoms with Gasteiger partial charge in [-0.05, 0) is 36.8 Å². The molecule has 1 fully saturated rings. The first-order valence-corrected chi connectivity index (χ1v) is 9.03. The highest BCUT2D eigenvalue weighted by atomic mass is 19.4. The van der Waals surface area contributed by atoms with Crippen molar-refractivity contribution in [1.29, 1.82) is 0 Å². The van der Waals surface area contributed by atoms with E-state index in [4.69, 9.17) is 9.47 Å². The number of nitrogens with one attached hydrogen (secondary N) is 2. The Morgan fingerprint density at radius 1 is 1.13 bits per heavy atom. The Morgan fingerprint density at radius 2 is 1.80 bits per heavy atom. The molecule has 1 saturated heterocycles. The van der Waals surface area contributed by atoms with Crippen molar-refractivity contribution in [3.8, 4) is 11.5 Å². The number of alkyl halides is 3. The third-order valence-corrected chi connectivity index (χ3v) is 4.54. The lowest BCUT2D eigenvalue weighted by molar-refractivity contribution is -0.294. The molecule has 2 aromatic carbocycles. The lowest BCUT2D eigenvalue weighted by atomic mass is 9.82. The third-order valence-electron chi connectivity index (χ3n) is 4.54. The first-order valence-electron chi connectivity index (χ1n) is 9.03. The number of halogens is 3. The van der Waals surface area contributed by atoms with Crippen LogP contribution in [0.15, 0.2) is 54.6 Å². The number of carbonyl (C=O) groups excluding carboxylic acids is 2. The third kappa shape index (κ3) is 4.18. The minimum atomic E-state index is -5.33. The van der Waals surface area contributed by atoms with E-state index in [1.54, 1.807) is 36.4 Å². The fourth-order valence-corrected chi connectivity index (χ4v) is 3.21. The molecular weight excluding hydrogens is 405 g/mol. The first-order chi connectivity index (χ1) is 14.2. The number of hydrogen-bond acceptors (Lipinski definition) is 5. The first kappa shape index (κ1) is 21.4. The van der Waals surface area contributed by atoms with E-state index in [0.29, 0.717) is 5.75 Å². The molecule has 0 aromatic heterocycles. The number of amides is 2. The summed E-state index contributed by atoms with van der Waals surface area (Å²) >= 11 is 0. The number of carbonyl (C=O) groups is 2. The van der Waals surface area contributed by atoms with E-state index in [2.05, 4.69) is 5.32 Å². The average molecular weight is 424 g/mol. The highest BCUT2D eigenvalue weighted by molar-refractivity contribution is 5.83. The minimum absolute atomic E-state index is 0.124. The van der Waals surface area contributed by atoms with Crippen LogP contribution in [-0.2, 0) is 9.53 Å². The van der Waals surface area contributed by atoms with E-state index in [-0.39, 0.29) is 17.9 Å². The normalized spacial score (nSPS) is 23.8. The minimum Gasteiger partial charge on any atom is -0.466 e. The maximum absolute atomic E-state index is 13.7. The van der Waals surface area contributed by atoms with Crippen molar-refractivity contribution in [3.63, 3.8) is 0 Å². The van der Waals surface area contributed by atoms with Crippen LogP contribution in [0.5, 0.6) is 11.5 Å². The van der Waals surface area contributed by atoms with Gasteiger partial charge >= 0.3 is 18.2 Å². The van der Waals surface area contributed by atoms with Crippen LogP contribution in [0.2, 0.25) is 0 Å². The van der Waals surface area contributed by atoms with Crippen molar-refractivity contribution in [2.45, 2.75) is 24.9 Å². The predicted molar refractivity (Wildman–Crippen MR) is 98.5 cm³/mol. The monoisotopic (exact) mass is 424 g/mol. The quantitative estimate of drug-likeness (QED) is 0.641. The summed E-state index contributed by atoms with van der Waals surface area (Å²) in [5.74, 6) is -2.76. The summed E-state index contributed by atoms with van der Waals surface area (Å²) in [6, 6.07) is 11.7. The van der Waals surface area contributed by atoms with Crippen LogP contribution >= 0.6 is 0 Å². The summed E-state index contributed by atoms with van der Waals surface area (Å²) < 4.78 is 51.5. The molecule has 30 heavy (non-hydrogen) atoms. The van der Waals surface area contributed by atoms with Crippen LogP contribution in [0.1, 0.15) is 18.5 Å². The molecule has 160 valence electrons. The summed E-state index contributed by atoms with van der Waals surface area (Å²) in [6.07, 6.45) is -5.33. The Bertz CT molecular complexity index is 922. The number of rotatable bonds is 5. The van der Waals surface area contributed by atoms with Crippen molar-refractivity contribution in [2.75, 3.05) is 6.61 Å². The zero-order valence-corrected chi connectivity index (χ0v) is 15.8. The Balaban J connectivity index is 2.02. The average Bonchev–Trinajstić information content (AvgIpc) is 2.67. The van der Waals surface area contributed by atoms with Crippen LogP contribution in [0.4, 0.5) is 18.0 Å². The van der Waals surface area contributed by atoms with Crippen molar-refractivity contribution < 1.29 is 37.3 Å². The Hall–Kier alpha value is -3.27. The summed E-state index contributed by atoms with van der Waals surface area (Å²) in [5, 5.41) is 14.0. The summed E-state index contributed by atoms with van der Waals surface area (Å²) in [4.78, 5) is 24.4. The van der Waals surface area contributed by atoms with Crippen molar-refractivity contribution in [3.05, 3.63) is 60.2 Å². The van der Waals surface area contributed by atoms with Gasteiger partial charge in [0, 0.05) is 0 Å². The fourth-order valence-electron chi connectivity index (χ4n) is 3.21. The van der Waals surface area contributed by atoms with Gasteiger partial charge in [0.15, 0.2) is 0 Å². The zero-order chi connectivity index (χ0) is 21.9. The van der Waals surface area contributed by atoms with Gasteiger partial charge in [0.05, 0.1) is 12.6 Å². The lowest BCUT2D eigenvalue weighted by Crippen LogP contribution is -2.73. The van der Waals surface area contributed by atoms with E-state index in [1.807, 2.05) is 0 Å². The SMILES string of the molecule is CCOC(=O)[C@H]1[C@H](c2cccc(Oc3ccccc3)c2)NC(=O)N[C@]1(O)C(F)(F)F. The van der Waals surface area contributed by atoms with Crippen LogP contribution in [-0.4, -0.2) is 35.6 Å². The summed E-state index contributed by atoms with van der Waals surface area (Å²) in [6.45, 7) is 1.21. The molecule has 7 nitrogen and oxygen atoms in total. The number of benzene rings is 2. The van der Waals surface area contributed by atoms with Crippen LogP contribution in [0.25, 0.3) is 0 Å². The van der Waals surface area contributed by atoms with Crippen molar-refractivity contribution in [1.82, 2.24) is 10.6 Å². The van der Waals surface area contributed by atoms with Gasteiger partial charge in [-0.3, -0.25) is 4.79 Å². The van der Waals surface area contributed by atoms with Gasteiger partial charge in [0.2, 0.25) is 0 Å². The molecule has 0 spiro atoms. The molecule has 3 N–H and O–H groups in total. The maximum atomic E-state index is 13.7. The number of urea groups is 1. The van der Waals surface area contributed by atoms with Gasteiger partial charge in [-0.2, -0.15) is 13.2 Å². The summed E-state index contributed by atoms with van der Waals surface area (Å²) in [5.41, 5.74) is -3.69. The molecule has 0 radical (unpaired) electrons. The second-order valence-electron chi connectivity index (χ2n) is 6.56. The van der Waals surface area contributed by atoms with Crippen molar-refractivity contribution in [2.24, 2.45) is 5.92 Å². The maximum Gasteiger partial charge on any atom is 0.437 e. The largest absolute Gasteiger partial charge is 0.466 e. The topological polar surface area (TPSA) is 96.9 Å². The van der Waals surface area contributed by atoms with E-state index < -0.39 is 35.9 Å². The van der Waals surface area contributed by atoms with Crippen molar-refractivity contribution >= 4 is 12.0 Å². The highest BCUT2D eigenvalue weighted by Gasteiger charge is 2.67. The molecular formula is C20H19F3N2O5. The van der Waals surface area contributed by atoms with Gasteiger partial charge in [0.25, 0.3) is 5.72 Å².